The summed E-state index contributed by atoms with van der Waals surface area (Å²) in [6.45, 7) is 3.98. The highest BCUT2D eigenvalue weighted by Crippen LogP contribution is 2.19. The lowest BCUT2D eigenvalue weighted by atomic mass is 10.1. The summed E-state index contributed by atoms with van der Waals surface area (Å²) in [5.41, 5.74) is 0.176. The maximum absolute atomic E-state index is 12.0. The van der Waals surface area contributed by atoms with Gasteiger partial charge >= 0.3 is 5.97 Å². The molecule has 1 atom stereocenters. The minimum atomic E-state index is -3.84. The molecule has 0 bridgehead atoms. The number of carbonyl (C=O) groups excluding carboxylic acids is 1. The van der Waals surface area contributed by atoms with Gasteiger partial charge in [0, 0.05) is 23.9 Å². The maximum Gasteiger partial charge on any atom is 0.355 e. The first-order valence-electron chi connectivity index (χ1n) is 7.07. The summed E-state index contributed by atoms with van der Waals surface area (Å²) in [6, 6.07) is 1.23. The monoisotopic (exact) mass is 335 g/mol. The molecule has 0 aromatic carbocycles. The second-order valence-corrected chi connectivity index (χ2v) is 7.74. The first-order chi connectivity index (χ1) is 9.75. The van der Waals surface area contributed by atoms with Gasteiger partial charge in [0.2, 0.25) is 0 Å². The molecule has 1 aromatic rings. The third-order valence-electron chi connectivity index (χ3n) is 3.24. The molecule has 1 aromatic heterocycles. The molecule has 0 aliphatic rings. The molecular weight excluding hydrogens is 314 g/mol. The number of carbonyl (C=O) groups is 1. The summed E-state index contributed by atoms with van der Waals surface area (Å²) in [5, 5.41) is 0. The predicted octanol–water partition coefficient (Wildman–Crippen LogP) is 3.47. The molecule has 7 heteroatoms. The van der Waals surface area contributed by atoms with Crippen molar-refractivity contribution in [3.63, 3.8) is 0 Å². The Hall–Kier alpha value is -1.01. The number of hydrogen-bond acceptors (Lipinski definition) is 4. The summed E-state index contributed by atoms with van der Waals surface area (Å²) in [6.07, 6.45) is 6.37. The van der Waals surface area contributed by atoms with Crippen molar-refractivity contribution in [2.24, 2.45) is 7.05 Å². The van der Waals surface area contributed by atoms with Gasteiger partial charge in [0.15, 0.2) is 0 Å². The number of unbranched alkanes of at least 4 members (excludes halogenated alkanes) is 3. The van der Waals surface area contributed by atoms with Crippen LogP contribution in [-0.2, 0) is 20.8 Å². The summed E-state index contributed by atoms with van der Waals surface area (Å²) in [7, 11) is 2.99. The fourth-order valence-corrected chi connectivity index (χ4v) is 2.82. The third-order valence-corrected chi connectivity index (χ3v) is 4.56. The van der Waals surface area contributed by atoms with E-state index in [2.05, 4.69) is 6.92 Å². The van der Waals surface area contributed by atoms with Gasteiger partial charge < -0.3 is 9.30 Å². The summed E-state index contributed by atoms with van der Waals surface area (Å²) < 4.78 is 29.2. The Balaban J connectivity index is 2.61. The van der Waals surface area contributed by atoms with Gasteiger partial charge in [-0.3, -0.25) is 0 Å². The molecule has 21 heavy (non-hydrogen) atoms. The van der Waals surface area contributed by atoms with Crippen LogP contribution in [0.3, 0.4) is 0 Å². The standard InChI is InChI=1S/C14H22ClNO4S/c1-4-5-6-7-8-11(2)20-14(17)13-9-12(10-16(13)3)21(15,18)19/h9-11H,4-8H2,1-3H3. The quantitative estimate of drug-likeness (QED) is 0.414. The number of rotatable bonds is 8. The summed E-state index contributed by atoms with van der Waals surface area (Å²) in [4.78, 5) is 11.9. The molecule has 1 heterocycles. The molecule has 0 radical (unpaired) electrons. The SMILES string of the molecule is CCCCCCC(C)OC(=O)c1cc(S(=O)(=O)Cl)cn1C. The van der Waals surface area contributed by atoms with E-state index in [1.807, 2.05) is 6.92 Å². The first kappa shape index (κ1) is 18.0. The van der Waals surface area contributed by atoms with Gasteiger partial charge in [-0.1, -0.05) is 26.2 Å². The van der Waals surface area contributed by atoms with Crippen LogP contribution in [0.25, 0.3) is 0 Å². The normalized spacial score (nSPS) is 13.1. The average Bonchev–Trinajstić information content (AvgIpc) is 2.77. The topological polar surface area (TPSA) is 65.4 Å². The molecule has 0 aliphatic heterocycles. The minimum Gasteiger partial charge on any atom is -0.458 e. The number of halogens is 1. The van der Waals surface area contributed by atoms with Crippen LogP contribution >= 0.6 is 10.7 Å². The highest BCUT2D eigenvalue weighted by Gasteiger charge is 2.20. The van der Waals surface area contributed by atoms with Gasteiger partial charge in [0.1, 0.15) is 10.6 Å². The molecule has 1 rings (SSSR count). The zero-order chi connectivity index (χ0) is 16.0. The molecular formula is C14H22ClNO4S. The Kier molecular flexibility index (Phi) is 6.74. The van der Waals surface area contributed by atoms with E-state index in [0.717, 1.165) is 25.7 Å². The van der Waals surface area contributed by atoms with Crippen molar-refractivity contribution >= 4 is 25.7 Å². The Morgan fingerprint density at radius 3 is 2.57 bits per heavy atom. The van der Waals surface area contributed by atoms with E-state index in [4.69, 9.17) is 15.4 Å². The van der Waals surface area contributed by atoms with Gasteiger partial charge in [-0.05, 0) is 25.8 Å². The molecule has 0 aliphatic carbocycles. The van der Waals surface area contributed by atoms with Crippen molar-refractivity contribution in [3.05, 3.63) is 18.0 Å². The molecule has 120 valence electrons. The van der Waals surface area contributed by atoms with Gasteiger partial charge in [0.25, 0.3) is 9.05 Å². The molecule has 0 saturated carbocycles. The molecule has 0 amide bonds. The number of aryl methyl sites for hydroxylation is 1. The van der Waals surface area contributed by atoms with Crippen LogP contribution < -0.4 is 0 Å². The van der Waals surface area contributed by atoms with Crippen molar-refractivity contribution < 1.29 is 17.9 Å². The molecule has 0 N–H and O–H groups in total. The zero-order valence-electron chi connectivity index (χ0n) is 12.6. The number of nitrogens with zero attached hydrogens (tertiary/aromatic N) is 1. The molecule has 0 spiro atoms. The van der Waals surface area contributed by atoms with E-state index in [1.165, 1.54) is 23.3 Å². The van der Waals surface area contributed by atoms with E-state index in [1.54, 1.807) is 7.05 Å². The van der Waals surface area contributed by atoms with E-state index in [9.17, 15) is 13.2 Å². The lowest BCUT2D eigenvalue weighted by Gasteiger charge is -2.13. The Morgan fingerprint density at radius 2 is 2.05 bits per heavy atom. The van der Waals surface area contributed by atoms with Gasteiger partial charge in [0.05, 0.1) is 6.10 Å². The van der Waals surface area contributed by atoms with Crippen molar-refractivity contribution in [1.29, 1.82) is 0 Å². The molecule has 1 unspecified atom stereocenters. The van der Waals surface area contributed by atoms with Crippen molar-refractivity contribution in [2.75, 3.05) is 0 Å². The lowest BCUT2D eigenvalue weighted by Crippen LogP contribution is -2.17. The zero-order valence-corrected chi connectivity index (χ0v) is 14.2. The second-order valence-electron chi connectivity index (χ2n) is 5.18. The van der Waals surface area contributed by atoms with Crippen LogP contribution in [0.1, 0.15) is 56.4 Å². The predicted molar refractivity (Wildman–Crippen MR) is 82.1 cm³/mol. The highest BCUT2D eigenvalue weighted by atomic mass is 35.7. The minimum absolute atomic E-state index is 0.103. The first-order valence-corrected chi connectivity index (χ1v) is 9.38. The van der Waals surface area contributed by atoms with Crippen LogP contribution in [0.5, 0.6) is 0 Å². The van der Waals surface area contributed by atoms with Crippen molar-refractivity contribution in [3.8, 4) is 0 Å². The smallest absolute Gasteiger partial charge is 0.355 e. The van der Waals surface area contributed by atoms with Gasteiger partial charge in [-0.15, -0.1) is 0 Å². The average molecular weight is 336 g/mol. The number of aromatic nitrogens is 1. The Bertz CT molecular complexity index is 580. The van der Waals surface area contributed by atoms with Crippen LogP contribution in [0, 0.1) is 0 Å². The van der Waals surface area contributed by atoms with Gasteiger partial charge in [-0.25, -0.2) is 13.2 Å². The molecule has 0 saturated heterocycles. The van der Waals surface area contributed by atoms with Crippen molar-refractivity contribution in [1.82, 2.24) is 4.57 Å². The van der Waals surface area contributed by atoms with Crippen LogP contribution in [0.4, 0.5) is 0 Å². The summed E-state index contributed by atoms with van der Waals surface area (Å²) >= 11 is 0. The van der Waals surface area contributed by atoms with Crippen LogP contribution in [-0.4, -0.2) is 25.1 Å². The Morgan fingerprint density at radius 1 is 1.38 bits per heavy atom. The van der Waals surface area contributed by atoms with Crippen molar-refractivity contribution in [2.45, 2.75) is 57.0 Å². The molecule has 0 fully saturated rings. The maximum atomic E-state index is 12.0. The fourth-order valence-electron chi connectivity index (χ4n) is 2.03. The lowest BCUT2D eigenvalue weighted by molar-refractivity contribution is 0.0308. The van der Waals surface area contributed by atoms with E-state index in [0.29, 0.717) is 0 Å². The third kappa shape index (κ3) is 5.71. The Labute approximate surface area is 130 Å². The van der Waals surface area contributed by atoms with E-state index < -0.39 is 15.0 Å². The number of hydrogen-bond donors (Lipinski definition) is 0. The van der Waals surface area contributed by atoms with Gasteiger partial charge in [-0.2, -0.15) is 0 Å². The second kappa shape index (κ2) is 7.84. The highest BCUT2D eigenvalue weighted by molar-refractivity contribution is 8.13. The fraction of sp³-hybridized carbons (Fsp3) is 0.643. The number of ether oxygens (including phenoxy) is 1. The molecule has 5 nitrogen and oxygen atoms in total. The van der Waals surface area contributed by atoms with E-state index >= 15 is 0 Å². The summed E-state index contributed by atoms with van der Waals surface area (Å²) in [5.74, 6) is -0.535. The van der Waals surface area contributed by atoms with E-state index in [-0.39, 0.29) is 16.7 Å². The number of esters is 1. The van der Waals surface area contributed by atoms with Crippen LogP contribution in [0.2, 0.25) is 0 Å². The van der Waals surface area contributed by atoms with Crippen LogP contribution in [0.15, 0.2) is 17.2 Å². The largest absolute Gasteiger partial charge is 0.458 e.